The molecule has 0 N–H and O–H groups in total. The maximum absolute atomic E-state index is 5.48. The lowest BCUT2D eigenvalue weighted by Gasteiger charge is -2.12. The molecule has 0 saturated heterocycles. The van der Waals surface area contributed by atoms with Crippen LogP contribution in [-0.4, -0.2) is 14.5 Å². The van der Waals surface area contributed by atoms with Crippen molar-refractivity contribution in [3.05, 3.63) is 140 Å². The molecule has 11 aromatic rings. The smallest absolute Gasteiger partial charge is 0.235 e. The van der Waals surface area contributed by atoms with E-state index in [2.05, 4.69) is 144 Å². The van der Waals surface area contributed by atoms with Crippen molar-refractivity contribution in [3.63, 3.8) is 0 Å². The summed E-state index contributed by atoms with van der Waals surface area (Å²) >= 11 is 3.70. The van der Waals surface area contributed by atoms with E-state index in [4.69, 9.17) is 9.97 Å². The molecule has 5 heteroatoms. The Morgan fingerprint density at radius 2 is 1.06 bits per heavy atom. The Bertz CT molecular complexity index is 3090. The van der Waals surface area contributed by atoms with E-state index < -0.39 is 0 Å². The Morgan fingerprint density at radius 1 is 0.447 bits per heavy atom. The van der Waals surface area contributed by atoms with Crippen molar-refractivity contribution in [1.29, 1.82) is 0 Å². The van der Waals surface area contributed by atoms with E-state index in [1.807, 2.05) is 22.7 Å². The molecule has 0 aliphatic heterocycles. The van der Waals surface area contributed by atoms with Crippen molar-refractivity contribution in [2.75, 3.05) is 0 Å². The standard InChI is InChI=1S/C42H23N3S2/c1-2-13-28-27(12-1)37-30-15-4-8-18-33(30)45(40(37)41-38(28)31-16-6-10-20-35(31)47-41)42-43-32-17-7-3-14-29(32)39(44-42)24-21-22-26-25-11-5-9-19-34(25)46-36(26)23-24/h1-23H. The van der Waals surface area contributed by atoms with E-state index in [1.54, 1.807) is 0 Å². The average molecular weight is 634 g/mol. The van der Waals surface area contributed by atoms with Crippen molar-refractivity contribution >= 4 is 106 Å². The van der Waals surface area contributed by atoms with Crippen LogP contribution in [-0.2, 0) is 0 Å². The number of hydrogen-bond acceptors (Lipinski definition) is 4. The lowest BCUT2D eigenvalue weighted by Crippen LogP contribution is -2.03. The Kier molecular flexibility index (Phi) is 5.14. The summed E-state index contributed by atoms with van der Waals surface area (Å²) in [6.45, 7) is 0. The van der Waals surface area contributed by atoms with Crippen molar-refractivity contribution in [1.82, 2.24) is 14.5 Å². The first kappa shape index (κ1) is 25.6. The third-order valence-electron chi connectivity index (χ3n) is 9.59. The summed E-state index contributed by atoms with van der Waals surface area (Å²) in [6.07, 6.45) is 0. The Hall–Kier alpha value is -5.62. The largest absolute Gasteiger partial charge is 0.276 e. The zero-order chi connectivity index (χ0) is 30.6. The van der Waals surface area contributed by atoms with Gasteiger partial charge in [0.2, 0.25) is 5.95 Å². The predicted molar refractivity (Wildman–Crippen MR) is 203 cm³/mol. The second-order valence-electron chi connectivity index (χ2n) is 12.1. The SMILES string of the molecule is c1ccc2c(-c3ccc4c(c3)sc3ccccc34)nc(-n3c4ccccc4c4c5ccccc5c5c6ccccc6sc5c43)nc2c1. The fourth-order valence-electron chi connectivity index (χ4n) is 7.59. The van der Waals surface area contributed by atoms with Crippen LogP contribution in [0.15, 0.2) is 140 Å². The summed E-state index contributed by atoms with van der Waals surface area (Å²) in [6, 6.07) is 50.2. The summed E-state index contributed by atoms with van der Waals surface area (Å²) in [4.78, 5) is 10.8. The first-order valence-corrected chi connectivity index (χ1v) is 17.4. The van der Waals surface area contributed by atoms with Gasteiger partial charge in [-0.15, -0.1) is 22.7 Å². The number of rotatable bonds is 2. The van der Waals surface area contributed by atoms with Gasteiger partial charge in [-0.05, 0) is 41.1 Å². The maximum atomic E-state index is 5.48. The van der Waals surface area contributed by atoms with Crippen LogP contribution in [0, 0.1) is 0 Å². The minimum atomic E-state index is 0.690. The fraction of sp³-hybridized carbons (Fsp3) is 0. The normalized spacial score (nSPS) is 12.3. The van der Waals surface area contributed by atoms with Gasteiger partial charge in [0.25, 0.3) is 0 Å². The summed E-state index contributed by atoms with van der Waals surface area (Å²) in [7, 11) is 0. The minimum Gasteiger partial charge on any atom is -0.276 e. The molecule has 0 amide bonds. The Morgan fingerprint density at radius 3 is 1.89 bits per heavy atom. The van der Waals surface area contributed by atoms with Gasteiger partial charge in [-0.25, -0.2) is 9.97 Å². The highest BCUT2D eigenvalue weighted by Gasteiger charge is 2.23. The van der Waals surface area contributed by atoms with Crippen LogP contribution < -0.4 is 0 Å². The Labute approximate surface area is 276 Å². The number of fused-ring (bicyclic) bond motifs is 14. The number of hydrogen-bond donors (Lipinski definition) is 0. The summed E-state index contributed by atoms with van der Waals surface area (Å²) < 4.78 is 7.44. The second kappa shape index (κ2) is 9.46. The van der Waals surface area contributed by atoms with Crippen LogP contribution >= 0.6 is 22.7 Å². The van der Waals surface area contributed by atoms with Gasteiger partial charge >= 0.3 is 0 Å². The number of thiophene rings is 2. The van der Waals surface area contributed by atoms with Crippen molar-refractivity contribution in [3.8, 4) is 17.2 Å². The molecular formula is C42H23N3S2. The second-order valence-corrected chi connectivity index (χ2v) is 14.3. The minimum absolute atomic E-state index is 0.690. The lowest BCUT2D eigenvalue weighted by atomic mass is 9.99. The number of benzene rings is 7. The average Bonchev–Trinajstić information content (AvgIpc) is 3.81. The van der Waals surface area contributed by atoms with Crippen LogP contribution in [0.2, 0.25) is 0 Å². The topological polar surface area (TPSA) is 30.7 Å². The van der Waals surface area contributed by atoms with E-state index in [-0.39, 0.29) is 0 Å². The van der Waals surface area contributed by atoms with Gasteiger partial charge in [0.05, 0.1) is 26.9 Å². The van der Waals surface area contributed by atoms with Gasteiger partial charge in [-0.3, -0.25) is 4.57 Å². The molecule has 4 aromatic heterocycles. The zero-order valence-corrected chi connectivity index (χ0v) is 26.6. The monoisotopic (exact) mass is 633 g/mol. The Balaban J connectivity index is 1.30. The third-order valence-corrected chi connectivity index (χ3v) is 11.9. The molecule has 0 aliphatic carbocycles. The van der Waals surface area contributed by atoms with E-state index in [9.17, 15) is 0 Å². The molecule has 0 bridgehead atoms. The predicted octanol–water partition coefficient (Wildman–Crippen LogP) is 12.3. The van der Waals surface area contributed by atoms with Gasteiger partial charge in [-0.2, -0.15) is 0 Å². The molecule has 0 spiro atoms. The number of para-hydroxylation sites is 2. The van der Waals surface area contributed by atoms with Gasteiger partial charge in [0.15, 0.2) is 0 Å². The van der Waals surface area contributed by atoms with E-state index in [0.717, 1.165) is 27.7 Å². The van der Waals surface area contributed by atoms with Gasteiger partial charge in [0.1, 0.15) is 0 Å². The molecule has 0 radical (unpaired) electrons. The van der Waals surface area contributed by atoms with Gasteiger partial charge in [-0.1, -0.05) is 109 Å². The first-order chi connectivity index (χ1) is 23.3. The molecular weight excluding hydrogens is 611 g/mol. The highest BCUT2D eigenvalue weighted by molar-refractivity contribution is 7.27. The molecule has 0 aliphatic rings. The lowest BCUT2D eigenvalue weighted by molar-refractivity contribution is 1.02. The van der Waals surface area contributed by atoms with Crippen LogP contribution in [0.1, 0.15) is 0 Å². The van der Waals surface area contributed by atoms with Crippen molar-refractivity contribution < 1.29 is 0 Å². The number of aromatic nitrogens is 3. The highest BCUT2D eigenvalue weighted by Crippen LogP contribution is 2.48. The number of nitrogens with zero attached hydrogens (tertiary/aromatic N) is 3. The van der Waals surface area contributed by atoms with Crippen molar-refractivity contribution in [2.45, 2.75) is 0 Å². The molecule has 3 nitrogen and oxygen atoms in total. The van der Waals surface area contributed by atoms with Gasteiger partial charge < -0.3 is 0 Å². The summed E-state index contributed by atoms with van der Waals surface area (Å²) in [5.41, 5.74) is 5.26. The molecule has 11 rings (SSSR count). The molecule has 0 saturated carbocycles. The molecule has 0 fully saturated rings. The molecule has 47 heavy (non-hydrogen) atoms. The fourth-order valence-corrected chi connectivity index (χ4v) is 10.00. The molecule has 0 atom stereocenters. The van der Waals surface area contributed by atoms with E-state index in [0.29, 0.717) is 5.95 Å². The van der Waals surface area contributed by atoms with Crippen LogP contribution in [0.3, 0.4) is 0 Å². The summed E-state index contributed by atoms with van der Waals surface area (Å²) in [5.74, 6) is 0.690. The van der Waals surface area contributed by atoms with E-state index in [1.165, 1.54) is 67.4 Å². The quantitative estimate of drug-likeness (QED) is 0.190. The molecule has 7 aromatic carbocycles. The molecule has 4 heterocycles. The first-order valence-electron chi connectivity index (χ1n) is 15.8. The summed E-state index contributed by atoms with van der Waals surface area (Å²) in [5, 5.41) is 11.2. The van der Waals surface area contributed by atoms with Crippen LogP contribution in [0.4, 0.5) is 0 Å². The van der Waals surface area contributed by atoms with Crippen LogP contribution in [0.5, 0.6) is 0 Å². The van der Waals surface area contributed by atoms with Gasteiger partial charge in [0, 0.05) is 57.4 Å². The maximum Gasteiger partial charge on any atom is 0.235 e. The van der Waals surface area contributed by atoms with Crippen LogP contribution in [0.25, 0.3) is 101 Å². The van der Waals surface area contributed by atoms with Crippen molar-refractivity contribution in [2.24, 2.45) is 0 Å². The van der Waals surface area contributed by atoms with E-state index >= 15 is 0 Å². The molecule has 218 valence electrons. The molecule has 0 unspecified atom stereocenters. The zero-order valence-electron chi connectivity index (χ0n) is 24.9. The highest BCUT2D eigenvalue weighted by atomic mass is 32.1. The third kappa shape index (κ3) is 3.50.